The maximum Gasteiger partial charge on any atom is 0.229 e. The zero-order chi connectivity index (χ0) is 32.2. The van der Waals surface area contributed by atoms with Gasteiger partial charge < -0.3 is 10.1 Å². The Labute approximate surface area is 275 Å². The van der Waals surface area contributed by atoms with Crippen LogP contribution in [0.25, 0.3) is 22.0 Å². The molecule has 1 aromatic carbocycles. The quantitative estimate of drug-likeness (QED) is 0.194. The maximum atomic E-state index is 14.1. The summed E-state index contributed by atoms with van der Waals surface area (Å²) in [6, 6.07) is 9.56. The molecule has 238 valence electrons. The molecule has 2 saturated carbocycles. The first-order chi connectivity index (χ1) is 22.1. The van der Waals surface area contributed by atoms with E-state index in [-0.39, 0.29) is 35.4 Å². The fourth-order valence-corrected chi connectivity index (χ4v) is 7.61. The molecular weight excluding hydrogens is 650 g/mol. The van der Waals surface area contributed by atoms with Crippen LogP contribution in [0.5, 0.6) is 0 Å². The molecule has 1 amide bonds. The average molecular weight is 687 g/mol. The number of aromatic nitrogens is 5. The fourth-order valence-electron chi connectivity index (χ4n) is 7.30. The number of morpholine rings is 1. The molecule has 46 heavy (non-hydrogen) atoms. The maximum absolute atomic E-state index is 14.1. The number of amides is 1. The summed E-state index contributed by atoms with van der Waals surface area (Å²) in [5.74, 6) is 0.00343. The Morgan fingerprint density at radius 2 is 1.83 bits per heavy atom. The van der Waals surface area contributed by atoms with Gasteiger partial charge in [-0.3, -0.25) is 24.0 Å². The topological polar surface area (TPSA) is 132 Å². The SMILES string of the molecule is CC(=O)c1nn(CC(=O)C2[C@H](C(=O)Nc3nc(Br)ccc3CN3CCOCC3)C[C@@]3(C)C[C@@H]23)c2ccc(-c3cnc(C)nc3)cc12. The van der Waals surface area contributed by atoms with Gasteiger partial charge in [-0.1, -0.05) is 19.1 Å². The van der Waals surface area contributed by atoms with Crippen molar-refractivity contribution >= 4 is 50.1 Å². The molecule has 4 aromatic rings. The van der Waals surface area contributed by atoms with Crippen LogP contribution in [0.3, 0.4) is 0 Å². The largest absolute Gasteiger partial charge is 0.379 e. The van der Waals surface area contributed by atoms with E-state index in [0.717, 1.165) is 36.2 Å². The Morgan fingerprint density at radius 3 is 2.57 bits per heavy atom. The number of aryl methyl sites for hydroxylation is 1. The highest BCUT2D eigenvalue weighted by atomic mass is 79.9. The fraction of sp³-hybridized carbons (Fsp3) is 0.441. The minimum absolute atomic E-state index is 0.0186. The van der Waals surface area contributed by atoms with Crippen LogP contribution in [-0.2, 0) is 27.4 Å². The van der Waals surface area contributed by atoms with E-state index in [1.54, 1.807) is 17.1 Å². The minimum atomic E-state index is -0.476. The molecule has 11 nitrogen and oxygen atoms in total. The number of hydrogen-bond acceptors (Lipinski definition) is 9. The van der Waals surface area contributed by atoms with Crippen molar-refractivity contribution in [2.24, 2.45) is 23.2 Å². The van der Waals surface area contributed by atoms with Crippen LogP contribution in [0.4, 0.5) is 5.82 Å². The van der Waals surface area contributed by atoms with E-state index in [1.165, 1.54) is 6.92 Å². The first-order valence-corrected chi connectivity index (χ1v) is 16.5. The van der Waals surface area contributed by atoms with Gasteiger partial charge >= 0.3 is 0 Å². The van der Waals surface area contributed by atoms with Crippen LogP contribution in [0.15, 0.2) is 47.3 Å². The highest BCUT2D eigenvalue weighted by Crippen LogP contribution is 2.68. The highest BCUT2D eigenvalue weighted by Gasteiger charge is 2.65. The third-order valence-electron chi connectivity index (χ3n) is 9.87. The molecule has 3 aliphatic rings. The summed E-state index contributed by atoms with van der Waals surface area (Å²) in [6.45, 7) is 9.10. The number of Topliss-reactive ketones (excluding diaryl/α,β-unsaturated/α-hetero) is 2. The second-order valence-corrected chi connectivity index (χ2v) is 13.9. The number of nitrogens with one attached hydrogen (secondary N) is 1. The minimum Gasteiger partial charge on any atom is -0.379 e. The molecule has 3 fully saturated rings. The van der Waals surface area contributed by atoms with Gasteiger partial charge in [0.2, 0.25) is 5.91 Å². The van der Waals surface area contributed by atoms with Crippen LogP contribution >= 0.6 is 15.9 Å². The lowest BCUT2D eigenvalue weighted by Crippen LogP contribution is -2.37. The third-order valence-corrected chi connectivity index (χ3v) is 10.3. The Balaban J connectivity index is 1.13. The normalized spacial score (nSPS) is 24.1. The molecule has 3 aromatic heterocycles. The Morgan fingerprint density at radius 1 is 1.07 bits per heavy atom. The van der Waals surface area contributed by atoms with Gasteiger partial charge in [-0.05, 0) is 70.8 Å². The van der Waals surface area contributed by atoms with Crippen molar-refractivity contribution in [1.82, 2.24) is 29.6 Å². The van der Waals surface area contributed by atoms with Crippen molar-refractivity contribution in [3.63, 3.8) is 0 Å². The summed E-state index contributed by atoms with van der Waals surface area (Å²) in [7, 11) is 0. The number of carbonyl (C=O) groups excluding carboxylic acids is 3. The van der Waals surface area contributed by atoms with Crippen LogP contribution in [0.2, 0.25) is 0 Å². The number of halogens is 1. The summed E-state index contributed by atoms with van der Waals surface area (Å²) in [4.78, 5) is 56.1. The van der Waals surface area contributed by atoms with E-state index in [1.807, 2.05) is 37.3 Å². The van der Waals surface area contributed by atoms with Crippen molar-refractivity contribution < 1.29 is 19.1 Å². The molecule has 1 unspecified atom stereocenters. The monoisotopic (exact) mass is 685 g/mol. The predicted octanol–water partition coefficient (Wildman–Crippen LogP) is 4.86. The lowest BCUT2D eigenvalue weighted by Gasteiger charge is -2.27. The van der Waals surface area contributed by atoms with Crippen LogP contribution in [-0.4, -0.2) is 73.4 Å². The second-order valence-electron chi connectivity index (χ2n) is 13.1. The number of ketones is 2. The lowest BCUT2D eigenvalue weighted by molar-refractivity contribution is -0.131. The predicted molar refractivity (Wildman–Crippen MR) is 175 cm³/mol. The number of anilines is 1. The molecule has 0 radical (unpaired) electrons. The summed E-state index contributed by atoms with van der Waals surface area (Å²) >= 11 is 3.45. The van der Waals surface area contributed by atoms with E-state index >= 15 is 0 Å². The van der Waals surface area contributed by atoms with E-state index in [2.05, 4.69) is 53.1 Å². The van der Waals surface area contributed by atoms with Gasteiger partial charge in [-0.2, -0.15) is 5.10 Å². The van der Waals surface area contributed by atoms with E-state index in [9.17, 15) is 14.4 Å². The molecule has 1 aliphatic heterocycles. The molecule has 0 bridgehead atoms. The van der Waals surface area contributed by atoms with Crippen molar-refractivity contribution in [3.8, 4) is 11.1 Å². The molecule has 4 atom stereocenters. The second kappa shape index (κ2) is 12.1. The summed E-state index contributed by atoms with van der Waals surface area (Å²) < 4.78 is 7.74. The van der Waals surface area contributed by atoms with Crippen molar-refractivity contribution in [2.75, 3.05) is 31.6 Å². The number of fused-ring (bicyclic) bond motifs is 2. The summed E-state index contributed by atoms with van der Waals surface area (Å²) in [5, 5.41) is 8.37. The molecule has 1 saturated heterocycles. The number of pyridine rings is 1. The number of nitrogens with zero attached hydrogens (tertiary/aromatic N) is 6. The highest BCUT2D eigenvalue weighted by molar-refractivity contribution is 9.10. The van der Waals surface area contributed by atoms with E-state index in [0.29, 0.717) is 59.0 Å². The lowest BCUT2D eigenvalue weighted by atomic mass is 9.86. The number of benzene rings is 1. The zero-order valence-corrected chi connectivity index (χ0v) is 27.7. The molecule has 4 heterocycles. The molecule has 12 heteroatoms. The molecule has 1 N–H and O–H groups in total. The van der Waals surface area contributed by atoms with Crippen molar-refractivity contribution in [3.05, 3.63) is 64.4 Å². The van der Waals surface area contributed by atoms with E-state index < -0.39 is 11.8 Å². The standard InChI is InChI=1S/C34H36BrN7O4/c1-19(43)31-24-12-21(23-15-36-20(2)37-16-23)4-6-27(24)42(40-31)18-28(44)30-25(13-34(3)14-26(30)34)33(45)39-32-22(5-7-29(35)38-32)17-41-8-10-46-11-9-41/h4-7,12,15-16,25-26,30H,8-11,13-14,17-18H2,1-3H3,(H,38,39,45)/t25-,26+,30?,34+/m1/s1. The zero-order valence-electron chi connectivity index (χ0n) is 26.1. The van der Waals surface area contributed by atoms with Gasteiger partial charge in [0.25, 0.3) is 0 Å². The number of rotatable bonds is 9. The average Bonchev–Trinajstić information content (AvgIpc) is 3.40. The molecule has 0 spiro atoms. The van der Waals surface area contributed by atoms with Crippen LogP contribution < -0.4 is 5.32 Å². The smallest absolute Gasteiger partial charge is 0.229 e. The number of ether oxygens (including phenoxy) is 1. The van der Waals surface area contributed by atoms with Crippen LogP contribution in [0.1, 0.15) is 48.6 Å². The van der Waals surface area contributed by atoms with Gasteiger partial charge in [0, 0.05) is 67.3 Å². The van der Waals surface area contributed by atoms with Gasteiger partial charge in [-0.25, -0.2) is 15.0 Å². The Kier molecular flexibility index (Phi) is 8.06. The molecule has 2 aliphatic carbocycles. The summed E-state index contributed by atoms with van der Waals surface area (Å²) in [6.07, 6.45) is 5.06. The van der Waals surface area contributed by atoms with Crippen molar-refractivity contribution in [1.29, 1.82) is 0 Å². The molecule has 7 rings (SSSR count). The molecular formula is C34H36BrN7O4. The van der Waals surface area contributed by atoms with Gasteiger partial charge in [0.1, 0.15) is 28.5 Å². The third kappa shape index (κ3) is 5.89. The Bertz CT molecular complexity index is 1850. The van der Waals surface area contributed by atoms with E-state index in [4.69, 9.17) is 4.74 Å². The first kappa shape index (κ1) is 30.8. The summed E-state index contributed by atoms with van der Waals surface area (Å²) in [5.41, 5.74) is 3.57. The van der Waals surface area contributed by atoms with Crippen molar-refractivity contribution in [2.45, 2.75) is 46.7 Å². The van der Waals surface area contributed by atoms with Gasteiger partial charge in [0.15, 0.2) is 11.6 Å². The van der Waals surface area contributed by atoms with Crippen LogP contribution in [0, 0.1) is 30.1 Å². The Hall–Kier alpha value is -3.87. The van der Waals surface area contributed by atoms with Gasteiger partial charge in [0.05, 0.1) is 18.7 Å². The van der Waals surface area contributed by atoms with Gasteiger partial charge in [-0.15, -0.1) is 0 Å². The first-order valence-electron chi connectivity index (χ1n) is 15.7. The number of carbonyl (C=O) groups is 3. The number of hydrogen-bond donors (Lipinski definition) is 1.